The second kappa shape index (κ2) is 6.71. The van der Waals surface area contributed by atoms with Gasteiger partial charge in [0.1, 0.15) is 0 Å². The number of benzene rings is 1. The predicted molar refractivity (Wildman–Crippen MR) is 80.4 cm³/mol. The van der Waals surface area contributed by atoms with E-state index in [4.69, 9.17) is 0 Å². The van der Waals surface area contributed by atoms with Crippen molar-refractivity contribution in [1.82, 2.24) is 4.98 Å². The number of aliphatic hydroxyl groups is 1. The first-order valence-corrected chi connectivity index (χ1v) is 7.36. The summed E-state index contributed by atoms with van der Waals surface area (Å²) in [7, 11) is 0. The van der Waals surface area contributed by atoms with Crippen molar-refractivity contribution >= 4 is 6.29 Å². The molecule has 3 nitrogen and oxygen atoms in total. The molecule has 1 N–H and O–H groups in total. The number of rotatable bonds is 4. The third-order valence-electron chi connectivity index (χ3n) is 3.90. The van der Waals surface area contributed by atoms with Gasteiger partial charge >= 0.3 is 12.4 Å². The molecule has 0 atom stereocenters. The van der Waals surface area contributed by atoms with Crippen molar-refractivity contribution in [3.63, 3.8) is 0 Å². The maximum atomic E-state index is 12.9. The van der Waals surface area contributed by atoms with Gasteiger partial charge in [0.25, 0.3) is 5.60 Å². The summed E-state index contributed by atoms with van der Waals surface area (Å²) in [6, 6.07) is 4.68. The Kier molecular flexibility index (Phi) is 5.14. The summed E-state index contributed by atoms with van der Waals surface area (Å²) in [5.74, 6) is 0. The van der Waals surface area contributed by atoms with Crippen molar-refractivity contribution in [2.75, 3.05) is 0 Å². The average molecular weight is 377 g/mol. The Morgan fingerprint density at radius 3 is 2.00 bits per heavy atom. The Morgan fingerprint density at radius 2 is 1.58 bits per heavy atom. The Balaban J connectivity index is 2.53. The van der Waals surface area contributed by atoms with E-state index in [0.29, 0.717) is 41.7 Å². The van der Waals surface area contributed by atoms with Crippen LogP contribution in [0.5, 0.6) is 0 Å². The van der Waals surface area contributed by atoms with E-state index in [1.807, 2.05) is 0 Å². The highest BCUT2D eigenvalue weighted by Gasteiger charge is 2.71. The molecule has 2 rings (SSSR count). The molecule has 1 aromatic heterocycles. The fraction of sp³-hybridized carbons (Fsp3) is 0.294. The lowest BCUT2D eigenvalue weighted by Crippen LogP contribution is -2.53. The van der Waals surface area contributed by atoms with Gasteiger partial charge in [-0.2, -0.15) is 26.3 Å². The van der Waals surface area contributed by atoms with Gasteiger partial charge in [0, 0.05) is 22.9 Å². The second-order valence-corrected chi connectivity index (χ2v) is 5.53. The van der Waals surface area contributed by atoms with E-state index >= 15 is 0 Å². The first kappa shape index (κ1) is 19.9. The molecular formula is C17H13F6NO2. The maximum Gasteiger partial charge on any atom is 0.430 e. The van der Waals surface area contributed by atoms with Crippen LogP contribution in [0.1, 0.15) is 28.4 Å². The SMILES string of the molecule is CCc1cc(C=O)cnc1-c1ccc(C(O)(C(F)(F)F)C(F)(F)F)cc1. The van der Waals surface area contributed by atoms with Gasteiger partial charge in [-0.15, -0.1) is 0 Å². The first-order chi connectivity index (χ1) is 12.0. The molecule has 9 heteroatoms. The normalized spacial score (nSPS) is 12.9. The zero-order chi connectivity index (χ0) is 19.8. The molecule has 0 amide bonds. The first-order valence-electron chi connectivity index (χ1n) is 7.36. The molecule has 0 unspecified atom stereocenters. The number of carbonyl (C=O) groups excluding carboxylic acids is 1. The third kappa shape index (κ3) is 3.31. The standard InChI is InChI=1S/C17H13F6NO2/c1-2-11-7-10(9-25)8-24-14(11)12-3-5-13(6-4-12)15(26,16(18,19)20)17(21,22)23/h3-9,26H,2H2,1H3. The molecule has 2 aromatic rings. The fourth-order valence-corrected chi connectivity index (χ4v) is 2.48. The molecule has 0 aliphatic carbocycles. The van der Waals surface area contributed by atoms with Crippen molar-refractivity contribution in [2.24, 2.45) is 0 Å². The molecule has 26 heavy (non-hydrogen) atoms. The van der Waals surface area contributed by atoms with E-state index in [1.54, 1.807) is 6.92 Å². The number of aryl methyl sites for hydroxylation is 1. The van der Waals surface area contributed by atoms with Gasteiger partial charge in [0.2, 0.25) is 0 Å². The van der Waals surface area contributed by atoms with Crippen LogP contribution >= 0.6 is 0 Å². The average Bonchev–Trinajstić information content (AvgIpc) is 2.58. The molecule has 1 heterocycles. The van der Waals surface area contributed by atoms with Crippen LogP contribution in [0, 0.1) is 0 Å². The zero-order valence-electron chi connectivity index (χ0n) is 13.3. The number of carbonyl (C=O) groups is 1. The van der Waals surface area contributed by atoms with E-state index in [1.165, 1.54) is 12.3 Å². The predicted octanol–water partition coefficient (Wildman–Crippen LogP) is 4.44. The molecule has 0 bridgehead atoms. The summed E-state index contributed by atoms with van der Waals surface area (Å²) in [6.07, 6.45) is -9.61. The van der Waals surface area contributed by atoms with Gasteiger partial charge in [-0.05, 0) is 18.1 Å². The lowest BCUT2D eigenvalue weighted by atomic mass is 9.90. The van der Waals surface area contributed by atoms with Crippen LogP contribution in [-0.2, 0) is 12.0 Å². The number of hydrogen-bond donors (Lipinski definition) is 1. The van der Waals surface area contributed by atoms with Gasteiger partial charge in [0.15, 0.2) is 6.29 Å². The quantitative estimate of drug-likeness (QED) is 0.633. The topological polar surface area (TPSA) is 50.2 Å². The molecular weight excluding hydrogens is 364 g/mol. The monoisotopic (exact) mass is 377 g/mol. The highest BCUT2D eigenvalue weighted by molar-refractivity contribution is 5.76. The summed E-state index contributed by atoms with van der Waals surface area (Å²) in [5.41, 5.74) is -4.83. The fourth-order valence-electron chi connectivity index (χ4n) is 2.48. The van der Waals surface area contributed by atoms with Crippen molar-refractivity contribution in [3.8, 4) is 11.3 Å². The number of halogens is 6. The van der Waals surface area contributed by atoms with E-state index in [2.05, 4.69) is 4.98 Å². The van der Waals surface area contributed by atoms with Crippen LogP contribution in [0.4, 0.5) is 26.3 Å². The van der Waals surface area contributed by atoms with Crippen LogP contribution in [0.25, 0.3) is 11.3 Å². The Hall–Kier alpha value is -2.42. The van der Waals surface area contributed by atoms with E-state index in [0.717, 1.165) is 12.1 Å². The number of pyridine rings is 1. The minimum atomic E-state index is -5.94. The molecule has 1 aromatic carbocycles. The molecule has 0 saturated carbocycles. The maximum absolute atomic E-state index is 12.9. The lowest BCUT2D eigenvalue weighted by molar-refractivity contribution is -0.376. The summed E-state index contributed by atoms with van der Waals surface area (Å²) in [6.45, 7) is 1.76. The summed E-state index contributed by atoms with van der Waals surface area (Å²) >= 11 is 0. The number of aromatic nitrogens is 1. The van der Waals surface area contributed by atoms with Crippen LogP contribution in [0.3, 0.4) is 0 Å². The highest BCUT2D eigenvalue weighted by atomic mass is 19.4. The van der Waals surface area contributed by atoms with Crippen molar-refractivity contribution in [1.29, 1.82) is 0 Å². The number of alkyl halides is 6. The van der Waals surface area contributed by atoms with Gasteiger partial charge in [-0.25, -0.2) is 0 Å². The van der Waals surface area contributed by atoms with Gasteiger partial charge in [-0.3, -0.25) is 9.78 Å². The second-order valence-electron chi connectivity index (χ2n) is 5.53. The van der Waals surface area contributed by atoms with Crippen molar-refractivity contribution in [2.45, 2.75) is 31.3 Å². The molecule has 0 spiro atoms. The molecule has 0 fully saturated rings. The smallest absolute Gasteiger partial charge is 0.369 e. The van der Waals surface area contributed by atoms with Gasteiger partial charge < -0.3 is 5.11 Å². The summed E-state index contributed by atoms with van der Waals surface area (Å²) in [5, 5.41) is 9.38. The minimum Gasteiger partial charge on any atom is -0.369 e. The summed E-state index contributed by atoms with van der Waals surface area (Å²) < 4.78 is 77.4. The Morgan fingerprint density at radius 1 is 1.04 bits per heavy atom. The van der Waals surface area contributed by atoms with Gasteiger partial charge in [-0.1, -0.05) is 31.2 Å². The molecule has 0 saturated heterocycles. The van der Waals surface area contributed by atoms with Crippen LogP contribution in [-0.4, -0.2) is 28.7 Å². The van der Waals surface area contributed by atoms with Crippen LogP contribution < -0.4 is 0 Å². The Labute approximate surface area is 144 Å². The minimum absolute atomic E-state index is 0.259. The molecule has 0 radical (unpaired) electrons. The molecule has 0 aliphatic heterocycles. The van der Waals surface area contributed by atoms with E-state index < -0.39 is 23.5 Å². The number of nitrogens with zero attached hydrogens (tertiary/aromatic N) is 1. The van der Waals surface area contributed by atoms with E-state index in [9.17, 15) is 36.2 Å². The van der Waals surface area contributed by atoms with E-state index in [-0.39, 0.29) is 5.56 Å². The molecule has 0 aliphatic rings. The third-order valence-corrected chi connectivity index (χ3v) is 3.90. The largest absolute Gasteiger partial charge is 0.430 e. The number of aldehydes is 1. The number of hydrogen-bond acceptors (Lipinski definition) is 3. The summed E-state index contributed by atoms with van der Waals surface area (Å²) in [4.78, 5) is 14.8. The lowest BCUT2D eigenvalue weighted by Gasteiger charge is -2.32. The van der Waals surface area contributed by atoms with Crippen molar-refractivity contribution in [3.05, 3.63) is 53.2 Å². The Bertz CT molecular complexity index is 782. The molecule has 140 valence electrons. The van der Waals surface area contributed by atoms with Crippen molar-refractivity contribution < 1.29 is 36.2 Å². The van der Waals surface area contributed by atoms with Gasteiger partial charge in [0.05, 0.1) is 5.69 Å². The van der Waals surface area contributed by atoms with Crippen LogP contribution in [0.2, 0.25) is 0 Å². The van der Waals surface area contributed by atoms with Crippen LogP contribution in [0.15, 0.2) is 36.5 Å². The zero-order valence-corrected chi connectivity index (χ0v) is 13.3. The highest BCUT2D eigenvalue weighted by Crippen LogP contribution is 2.50.